The van der Waals surface area contributed by atoms with E-state index in [4.69, 9.17) is 0 Å². The predicted molar refractivity (Wildman–Crippen MR) is 115 cm³/mol. The minimum atomic E-state index is -6.06. The summed E-state index contributed by atoms with van der Waals surface area (Å²) >= 11 is 0. The Morgan fingerprint density at radius 2 is 1.58 bits per heavy atom. The third-order valence-corrected chi connectivity index (χ3v) is 7.61. The molecule has 2 atom stereocenters. The molecule has 8 nitrogen and oxygen atoms in total. The minimum Gasteiger partial charge on any atom is -0.369 e. The molecule has 2 unspecified atom stereocenters. The van der Waals surface area contributed by atoms with E-state index in [1.54, 1.807) is 0 Å². The van der Waals surface area contributed by atoms with Crippen molar-refractivity contribution in [3.8, 4) is 0 Å². The zero-order chi connectivity index (χ0) is 27.3. The molecule has 1 aromatic carbocycles. The number of nitrogens with one attached hydrogen (secondary N) is 2. The number of fused-ring (bicyclic) bond motifs is 1. The Kier molecular flexibility index (Phi) is 7.07. The van der Waals surface area contributed by atoms with Crippen LogP contribution in [-0.2, 0) is 25.2 Å². The summed E-state index contributed by atoms with van der Waals surface area (Å²) in [6.07, 6.45) is -9.40. The summed E-state index contributed by atoms with van der Waals surface area (Å²) in [5.74, 6) is -1.80. The summed E-state index contributed by atoms with van der Waals surface area (Å²) in [6, 6.07) is 1.10. The van der Waals surface area contributed by atoms with Crippen molar-refractivity contribution in [2.45, 2.75) is 37.3 Å². The number of rotatable bonds is 5. The number of hydrogen-bond donors (Lipinski definition) is 3. The van der Waals surface area contributed by atoms with Gasteiger partial charge < -0.3 is 15.3 Å². The summed E-state index contributed by atoms with van der Waals surface area (Å²) < 4.78 is 105. The lowest BCUT2D eigenvalue weighted by Gasteiger charge is -2.32. The van der Waals surface area contributed by atoms with Gasteiger partial charge in [-0.1, -0.05) is 18.2 Å². The number of alkyl halides is 6. The molecule has 0 saturated carbocycles. The van der Waals surface area contributed by atoms with E-state index in [0.29, 0.717) is 17.7 Å². The molecule has 1 heterocycles. The third kappa shape index (κ3) is 4.74. The van der Waals surface area contributed by atoms with Crippen molar-refractivity contribution in [2.24, 2.45) is 5.92 Å². The van der Waals surface area contributed by atoms with Gasteiger partial charge in [0.25, 0.3) is 11.5 Å². The van der Waals surface area contributed by atoms with Gasteiger partial charge in [-0.2, -0.15) is 26.3 Å². The fourth-order valence-electron chi connectivity index (χ4n) is 4.19. The van der Waals surface area contributed by atoms with Crippen molar-refractivity contribution in [1.29, 1.82) is 0 Å². The first kappa shape index (κ1) is 27.7. The van der Waals surface area contributed by atoms with Gasteiger partial charge in [0.2, 0.25) is 15.9 Å². The quantitative estimate of drug-likeness (QED) is 0.496. The highest BCUT2D eigenvalue weighted by Crippen LogP contribution is 2.50. The van der Waals surface area contributed by atoms with Crippen LogP contribution in [0.15, 0.2) is 46.9 Å². The lowest BCUT2D eigenvalue weighted by Crippen LogP contribution is -2.53. The molecule has 1 aliphatic heterocycles. The van der Waals surface area contributed by atoms with E-state index in [9.17, 15) is 49.5 Å². The summed E-state index contributed by atoms with van der Waals surface area (Å²) in [5, 5.41) is 11.8. The van der Waals surface area contributed by atoms with Gasteiger partial charge in [0.15, 0.2) is 0 Å². The number of amides is 2. The van der Waals surface area contributed by atoms with Crippen molar-refractivity contribution >= 4 is 27.5 Å². The zero-order valence-corrected chi connectivity index (χ0v) is 19.6. The maximum Gasteiger partial charge on any atom is 0.430 e. The number of nitrogens with zero attached hydrogens (tertiary/aromatic N) is 1. The second-order valence-corrected chi connectivity index (χ2v) is 10.2. The van der Waals surface area contributed by atoms with Crippen molar-refractivity contribution < 1.29 is 49.5 Å². The summed E-state index contributed by atoms with van der Waals surface area (Å²) in [7, 11) is -2.51. The van der Waals surface area contributed by atoms with Gasteiger partial charge in [-0.3, -0.25) is 9.59 Å². The van der Waals surface area contributed by atoms with E-state index in [2.05, 4.69) is 10.0 Å². The number of benzene rings is 1. The number of allylic oxidation sites excluding steroid dienone is 3. The first-order chi connectivity index (χ1) is 16.4. The van der Waals surface area contributed by atoms with Crippen LogP contribution < -0.4 is 10.0 Å². The van der Waals surface area contributed by atoms with E-state index < -0.39 is 57.3 Å². The maximum absolute atomic E-state index is 13.1. The average molecular weight is 541 g/mol. The van der Waals surface area contributed by atoms with Crippen molar-refractivity contribution in [3.05, 3.63) is 52.5 Å². The maximum atomic E-state index is 13.1. The second-order valence-electron chi connectivity index (χ2n) is 8.25. The van der Waals surface area contributed by atoms with E-state index >= 15 is 0 Å². The van der Waals surface area contributed by atoms with Crippen LogP contribution >= 0.6 is 0 Å². The van der Waals surface area contributed by atoms with Gasteiger partial charge in [0.05, 0.1) is 4.91 Å². The number of anilines is 1. The average Bonchev–Trinajstić information content (AvgIpc) is 3.17. The first-order valence-electron chi connectivity index (χ1n) is 10.3. The lowest BCUT2D eigenvalue weighted by atomic mass is 9.90. The van der Waals surface area contributed by atoms with E-state index in [-0.39, 0.29) is 23.6 Å². The number of hydrogen-bond acceptors (Lipinski definition) is 5. The van der Waals surface area contributed by atoms with Crippen LogP contribution in [0.4, 0.5) is 32.0 Å². The number of sulfonamides is 1. The molecular formula is C21H21F6N3O5S. The monoisotopic (exact) mass is 541 g/mol. The van der Waals surface area contributed by atoms with Gasteiger partial charge in [0.1, 0.15) is 6.04 Å². The fourth-order valence-corrected chi connectivity index (χ4v) is 5.12. The largest absolute Gasteiger partial charge is 0.430 e. The normalized spacial score (nSPS) is 21.0. The number of carbonyl (C=O) groups excluding carboxylic acids is 2. The standard InChI is InChI=1S/C21H21F6N3O5S/c1-11(31)30-10-12-9-15(36(34,35)28-2)7-8-16(12)17(30)18(32)29-14-5-3-13(4-6-14)19(33,20(22,23)24)21(25,26)27/h3-8,12,17,28,33H,9-10H2,1-2H3,(H,29,32). The Balaban J connectivity index is 1.89. The Hall–Kier alpha value is -2.91. The molecule has 0 aromatic heterocycles. The summed E-state index contributed by atoms with van der Waals surface area (Å²) in [5.41, 5.74) is -6.37. The van der Waals surface area contributed by atoms with Crippen LogP contribution in [0.25, 0.3) is 0 Å². The molecule has 36 heavy (non-hydrogen) atoms. The molecule has 0 radical (unpaired) electrons. The highest BCUT2D eigenvalue weighted by Gasteiger charge is 2.71. The van der Waals surface area contributed by atoms with E-state index in [1.165, 1.54) is 31.0 Å². The van der Waals surface area contributed by atoms with Crippen LogP contribution in [0.1, 0.15) is 18.9 Å². The molecule has 1 aromatic rings. The number of halogens is 6. The van der Waals surface area contributed by atoms with Gasteiger partial charge in [0, 0.05) is 30.6 Å². The second kappa shape index (κ2) is 9.19. The highest BCUT2D eigenvalue weighted by molar-refractivity contribution is 7.93. The molecule has 3 N–H and O–H groups in total. The molecule has 1 aliphatic carbocycles. The topological polar surface area (TPSA) is 116 Å². The minimum absolute atomic E-state index is 0.0186. The van der Waals surface area contributed by atoms with Gasteiger partial charge in [-0.25, -0.2) is 13.1 Å². The molecule has 0 bridgehead atoms. The van der Waals surface area contributed by atoms with Crippen LogP contribution in [0.3, 0.4) is 0 Å². The molecule has 2 aliphatic rings. The van der Waals surface area contributed by atoms with Gasteiger partial charge in [-0.05, 0) is 37.3 Å². The Labute approximate surface area is 201 Å². The first-order valence-corrected chi connectivity index (χ1v) is 11.8. The Morgan fingerprint density at radius 3 is 2.06 bits per heavy atom. The van der Waals surface area contributed by atoms with Crippen molar-refractivity contribution in [2.75, 3.05) is 18.9 Å². The van der Waals surface area contributed by atoms with Crippen LogP contribution in [0.5, 0.6) is 0 Å². The van der Waals surface area contributed by atoms with E-state index in [0.717, 1.165) is 12.1 Å². The molecule has 1 fully saturated rings. The molecule has 15 heteroatoms. The SMILES string of the molecule is CNS(=O)(=O)C1=CC=C2C(C1)CN(C(C)=O)C2C(=O)Nc1ccc(C(O)(C(F)(F)F)C(F)(F)F)cc1. The number of carbonyl (C=O) groups is 2. The molecule has 198 valence electrons. The molecule has 0 spiro atoms. The molecule has 2 amide bonds. The predicted octanol–water partition coefficient (Wildman–Crippen LogP) is 2.55. The van der Waals surface area contributed by atoms with Crippen molar-refractivity contribution in [1.82, 2.24) is 9.62 Å². The van der Waals surface area contributed by atoms with Crippen LogP contribution in [-0.4, -0.2) is 62.2 Å². The van der Waals surface area contributed by atoms with Gasteiger partial charge >= 0.3 is 12.4 Å². The molecular weight excluding hydrogens is 520 g/mol. The molecule has 3 rings (SSSR count). The zero-order valence-electron chi connectivity index (χ0n) is 18.7. The van der Waals surface area contributed by atoms with Crippen LogP contribution in [0, 0.1) is 5.92 Å². The van der Waals surface area contributed by atoms with Crippen LogP contribution in [0.2, 0.25) is 0 Å². The number of likely N-dealkylation sites (tertiary alicyclic amines) is 1. The lowest BCUT2D eigenvalue weighted by molar-refractivity contribution is -0.376. The third-order valence-electron chi connectivity index (χ3n) is 6.08. The van der Waals surface area contributed by atoms with Crippen molar-refractivity contribution in [3.63, 3.8) is 0 Å². The highest BCUT2D eigenvalue weighted by atomic mass is 32.2. The number of aliphatic hydroxyl groups is 1. The summed E-state index contributed by atoms with van der Waals surface area (Å²) in [4.78, 5) is 26.4. The Morgan fingerprint density at radius 1 is 1.03 bits per heavy atom. The summed E-state index contributed by atoms with van der Waals surface area (Å²) in [6.45, 7) is 1.22. The van der Waals surface area contributed by atoms with E-state index in [1.807, 2.05) is 0 Å². The fraction of sp³-hybridized carbons (Fsp3) is 0.429. The molecule has 1 saturated heterocycles. The Bertz CT molecular complexity index is 1210. The van der Waals surface area contributed by atoms with Gasteiger partial charge in [-0.15, -0.1) is 0 Å². The smallest absolute Gasteiger partial charge is 0.369 e.